The van der Waals surface area contributed by atoms with Gasteiger partial charge < -0.3 is 15.2 Å². The Morgan fingerprint density at radius 3 is 3.00 bits per heavy atom. The van der Waals surface area contributed by atoms with Crippen LogP contribution in [-0.2, 0) is 4.79 Å². The minimum absolute atomic E-state index is 0.0845. The lowest BCUT2D eigenvalue weighted by molar-refractivity contribution is -0.116. The number of carbonyl (C=O) groups is 1. The van der Waals surface area contributed by atoms with E-state index in [9.17, 15) is 9.90 Å². The lowest BCUT2D eigenvalue weighted by Gasteiger charge is -2.24. The number of hydrogen-bond acceptors (Lipinski definition) is 6. The number of ether oxygens (including phenoxy) is 1. The third-order valence-electron chi connectivity index (χ3n) is 4.97. The average Bonchev–Trinajstić information content (AvgIpc) is 3.32. The van der Waals surface area contributed by atoms with Gasteiger partial charge in [-0.2, -0.15) is 9.78 Å². The van der Waals surface area contributed by atoms with Crippen molar-refractivity contribution in [2.75, 3.05) is 11.9 Å². The number of phenolic OH excluding ortho intramolecular Hbond substituents is 1. The predicted molar refractivity (Wildman–Crippen MR) is 111 cm³/mol. The van der Waals surface area contributed by atoms with Gasteiger partial charge in [0.25, 0.3) is 0 Å². The lowest BCUT2D eigenvalue weighted by Crippen LogP contribution is -2.24. The molecule has 0 spiro atoms. The highest BCUT2D eigenvalue weighted by Crippen LogP contribution is 2.41. The molecule has 1 aliphatic rings. The topological polar surface area (TPSA) is 89.3 Å². The Labute approximate surface area is 170 Å². The molecule has 29 heavy (non-hydrogen) atoms. The fraction of sp³-hybridized carbons (Fsp3) is 0.190. The van der Waals surface area contributed by atoms with Gasteiger partial charge in [0.1, 0.15) is 5.82 Å². The summed E-state index contributed by atoms with van der Waals surface area (Å²) in [5.41, 5.74) is 2.71. The van der Waals surface area contributed by atoms with Gasteiger partial charge in [-0.1, -0.05) is 29.5 Å². The van der Waals surface area contributed by atoms with E-state index in [-0.39, 0.29) is 17.6 Å². The van der Waals surface area contributed by atoms with E-state index in [2.05, 4.69) is 15.4 Å². The molecule has 0 saturated carbocycles. The monoisotopic (exact) mass is 406 g/mol. The summed E-state index contributed by atoms with van der Waals surface area (Å²) in [4.78, 5) is 17.1. The number of hydrogen-bond donors (Lipinski definition) is 2. The smallest absolute Gasteiger partial charge is 0.226 e. The summed E-state index contributed by atoms with van der Waals surface area (Å²) in [6.07, 6.45) is 2.08. The fourth-order valence-electron chi connectivity index (χ4n) is 3.63. The van der Waals surface area contributed by atoms with E-state index >= 15 is 0 Å². The first-order valence-electron chi connectivity index (χ1n) is 9.33. The van der Waals surface area contributed by atoms with Crippen LogP contribution >= 0.6 is 11.3 Å². The second-order valence-electron chi connectivity index (χ2n) is 6.79. The van der Waals surface area contributed by atoms with Crippen molar-refractivity contribution in [3.63, 3.8) is 0 Å². The molecule has 1 amide bonds. The van der Waals surface area contributed by atoms with E-state index in [1.807, 2.05) is 37.3 Å². The Morgan fingerprint density at radius 2 is 2.17 bits per heavy atom. The third-order valence-corrected chi connectivity index (χ3v) is 5.98. The van der Waals surface area contributed by atoms with Crippen molar-refractivity contribution >= 4 is 33.3 Å². The number of anilines is 1. The number of nitrogens with zero attached hydrogens (tertiary/aromatic N) is 3. The summed E-state index contributed by atoms with van der Waals surface area (Å²) in [6.45, 7) is 2.31. The largest absolute Gasteiger partial charge is 0.504 e. The Bertz CT molecular complexity index is 1200. The highest BCUT2D eigenvalue weighted by Gasteiger charge is 2.31. The van der Waals surface area contributed by atoms with E-state index in [0.29, 0.717) is 29.7 Å². The molecule has 1 atom stereocenters. The standard InChI is InChI=1S/C21H18N4O3S/c1-2-28-17-9-12(7-8-16(17)26)13-10-19(27)24-20-14(13)11-22-25(20)21-23-15-5-3-4-6-18(15)29-21/h3-9,11,13,26H,2,10H2,1H3,(H,24,27)/t13-/m0/s1. The van der Waals surface area contributed by atoms with Crippen molar-refractivity contribution in [3.8, 4) is 16.6 Å². The molecule has 1 aliphatic heterocycles. The van der Waals surface area contributed by atoms with Crippen LogP contribution in [0.4, 0.5) is 5.82 Å². The van der Waals surface area contributed by atoms with Gasteiger partial charge in [-0.25, -0.2) is 4.98 Å². The Balaban J connectivity index is 1.59. The molecule has 4 aromatic rings. The number of para-hydroxylation sites is 1. The van der Waals surface area contributed by atoms with Gasteiger partial charge in [-0.05, 0) is 36.8 Å². The second-order valence-corrected chi connectivity index (χ2v) is 7.80. The van der Waals surface area contributed by atoms with E-state index in [4.69, 9.17) is 4.74 Å². The molecule has 3 heterocycles. The highest BCUT2D eigenvalue weighted by molar-refractivity contribution is 7.20. The highest BCUT2D eigenvalue weighted by atomic mass is 32.1. The molecule has 0 radical (unpaired) electrons. The number of carbonyl (C=O) groups excluding carboxylic acids is 1. The zero-order chi connectivity index (χ0) is 20.0. The maximum absolute atomic E-state index is 12.5. The van der Waals surface area contributed by atoms with Crippen LogP contribution < -0.4 is 10.1 Å². The second kappa shape index (κ2) is 6.89. The summed E-state index contributed by atoms with van der Waals surface area (Å²) < 4.78 is 8.26. The van der Waals surface area contributed by atoms with Crippen LogP contribution in [0.2, 0.25) is 0 Å². The maximum atomic E-state index is 12.5. The van der Waals surface area contributed by atoms with E-state index in [1.165, 1.54) is 11.3 Å². The van der Waals surface area contributed by atoms with Crippen molar-refractivity contribution < 1.29 is 14.6 Å². The van der Waals surface area contributed by atoms with Crippen molar-refractivity contribution in [1.29, 1.82) is 0 Å². The summed E-state index contributed by atoms with van der Waals surface area (Å²) in [6, 6.07) is 13.1. The summed E-state index contributed by atoms with van der Waals surface area (Å²) in [7, 11) is 0. The van der Waals surface area contributed by atoms with Crippen molar-refractivity contribution in [3.05, 3.63) is 59.8 Å². The molecule has 7 nitrogen and oxygen atoms in total. The zero-order valence-electron chi connectivity index (χ0n) is 15.6. The molecule has 0 unspecified atom stereocenters. The summed E-state index contributed by atoms with van der Waals surface area (Å²) in [5, 5.41) is 18.2. The van der Waals surface area contributed by atoms with Gasteiger partial charge in [-0.3, -0.25) is 4.79 Å². The van der Waals surface area contributed by atoms with Gasteiger partial charge in [0.2, 0.25) is 11.0 Å². The molecule has 2 aromatic carbocycles. The van der Waals surface area contributed by atoms with Crippen molar-refractivity contribution in [2.45, 2.75) is 19.3 Å². The minimum Gasteiger partial charge on any atom is -0.504 e. The first kappa shape index (κ1) is 17.7. The molecule has 0 aliphatic carbocycles. The van der Waals surface area contributed by atoms with Gasteiger partial charge in [-0.15, -0.1) is 0 Å². The summed E-state index contributed by atoms with van der Waals surface area (Å²) >= 11 is 1.52. The number of thiazole rings is 1. The lowest BCUT2D eigenvalue weighted by atomic mass is 9.87. The fourth-order valence-corrected chi connectivity index (χ4v) is 4.56. The number of rotatable bonds is 4. The zero-order valence-corrected chi connectivity index (χ0v) is 16.4. The minimum atomic E-state index is -0.179. The first-order valence-corrected chi connectivity index (χ1v) is 10.1. The molecule has 2 N–H and O–H groups in total. The average molecular weight is 406 g/mol. The first-order chi connectivity index (χ1) is 14.1. The van der Waals surface area contributed by atoms with Crippen LogP contribution in [0, 0.1) is 0 Å². The third kappa shape index (κ3) is 3.01. The molecular formula is C21H18N4O3S. The van der Waals surface area contributed by atoms with Crippen LogP contribution in [0.5, 0.6) is 11.5 Å². The Kier molecular flexibility index (Phi) is 4.21. The van der Waals surface area contributed by atoms with Crippen LogP contribution in [0.3, 0.4) is 0 Å². The maximum Gasteiger partial charge on any atom is 0.226 e. The number of aromatic hydroxyl groups is 1. The predicted octanol–water partition coefficient (Wildman–Crippen LogP) is 4.06. The normalized spacial score (nSPS) is 15.9. The van der Waals surface area contributed by atoms with E-state index in [1.54, 1.807) is 23.0 Å². The number of aromatic nitrogens is 3. The van der Waals surface area contributed by atoms with Gasteiger partial charge in [0.15, 0.2) is 11.5 Å². The van der Waals surface area contributed by atoms with Crippen LogP contribution in [0.1, 0.15) is 30.4 Å². The molecule has 5 rings (SSSR count). The molecule has 8 heteroatoms. The van der Waals surface area contributed by atoms with Crippen LogP contribution in [-0.4, -0.2) is 32.4 Å². The molecule has 0 saturated heterocycles. The number of fused-ring (bicyclic) bond motifs is 2. The molecule has 2 aromatic heterocycles. The van der Waals surface area contributed by atoms with Crippen molar-refractivity contribution in [2.24, 2.45) is 0 Å². The van der Waals surface area contributed by atoms with E-state index < -0.39 is 0 Å². The SMILES string of the molecule is CCOc1cc([C@@H]2CC(=O)Nc3c2cnn3-c2nc3ccccc3s2)ccc1O. The Hall–Kier alpha value is -3.39. The molecule has 146 valence electrons. The number of benzene rings is 2. The molecule has 0 bridgehead atoms. The number of amides is 1. The van der Waals surface area contributed by atoms with Gasteiger partial charge in [0, 0.05) is 17.9 Å². The molecule has 0 fully saturated rings. The summed E-state index contributed by atoms with van der Waals surface area (Å²) in [5.74, 6) is 0.867. The van der Waals surface area contributed by atoms with Crippen LogP contribution in [0.15, 0.2) is 48.7 Å². The number of nitrogens with one attached hydrogen (secondary N) is 1. The van der Waals surface area contributed by atoms with Gasteiger partial charge >= 0.3 is 0 Å². The quantitative estimate of drug-likeness (QED) is 0.533. The Morgan fingerprint density at radius 1 is 1.31 bits per heavy atom. The van der Waals surface area contributed by atoms with Gasteiger partial charge in [0.05, 0.1) is 23.0 Å². The van der Waals surface area contributed by atoms with Crippen LogP contribution in [0.25, 0.3) is 15.3 Å². The number of phenols is 1. The molecular weight excluding hydrogens is 388 g/mol. The van der Waals surface area contributed by atoms with E-state index in [0.717, 1.165) is 21.3 Å². The van der Waals surface area contributed by atoms with Crippen molar-refractivity contribution in [1.82, 2.24) is 14.8 Å².